The van der Waals surface area contributed by atoms with Crippen molar-refractivity contribution in [3.8, 4) is 0 Å². The molecule has 0 saturated carbocycles. The van der Waals surface area contributed by atoms with E-state index in [1.54, 1.807) is 6.92 Å². The number of nitro groups is 1. The highest BCUT2D eigenvalue weighted by Crippen LogP contribution is 2.28. The van der Waals surface area contributed by atoms with Gasteiger partial charge in [-0.25, -0.2) is 13.4 Å². The standard InChI is InChI=1S/C14H16F2N4O4S/c1-9-6-11(20(21)22)7-12(10(9)2)25(23,24)18(3)8-13-17-4-5-19(13)14(15)16/h4-7,14H,8H2,1-3H3. The molecule has 0 fully saturated rings. The Morgan fingerprint density at radius 1 is 1.36 bits per heavy atom. The molecule has 25 heavy (non-hydrogen) atoms. The highest BCUT2D eigenvalue weighted by Gasteiger charge is 2.28. The van der Waals surface area contributed by atoms with Crippen LogP contribution in [-0.4, -0.2) is 34.2 Å². The Labute approximate surface area is 142 Å². The van der Waals surface area contributed by atoms with Gasteiger partial charge in [-0.1, -0.05) is 0 Å². The van der Waals surface area contributed by atoms with Gasteiger partial charge in [-0.15, -0.1) is 0 Å². The van der Waals surface area contributed by atoms with Crippen molar-refractivity contribution in [2.24, 2.45) is 0 Å². The summed E-state index contributed by atoms with van der Waals surface area (Å²) in [6.45, 7) is -0.165. The minimum absolute atomic E-state index is 0.138. The Bertz CT molecular complexity index is 912. The van der Waals surface area contributed by atoms with E-state index in [1.165, 1.54) is 20.0 Å². The zero-order valence-corrected chi connectivity index (χ0v) is 14.5. The molecule has 1 aromatic carbocycles. The van der Waals surface area contributed by atoms with Crippen molar-refractivity contribution in [3.63, 3.8) is 0 Å². The lowest BCUT2D eigenvalue weighted by Gasteiger charge is -2.19. The number of aryl methyl sites for hydroxylation is 1. The smallest absolute Gasteiger partial charge is 0.277 e. The lowest BCUT2D eigenvalue weighted by Crippen LogP contribution is -2.29. The number of benzene rings is 1. The van der Waals surface area contributed by atoms with Crippen LogP contribution in [0.1, 0.15) is 23.5 Å². The Balaban J connectivity index is 2.44. The minimum atomic E-state index is -4.14. The van der Waals surface area contributed by atoms with Gasteiger partial charge in [0.2, 0.25) is 10.0 Å². The van der Waals surface area contributed by atoms with Gasteiger partial charge in [0.15, 0.2) is 0 Å². The number of nitrogens with zero attached hydrogens (tertiary/aromatic N) is 4. The average Bonchev–Trinajstić information content (AvgIpc) is 2.97. The molecule has 0 aliphatic rings. The molecule has 1 aromatic heterocycles. The third kappa shape index (κ3) is 3.66. The number of imidazole rings is 1. The summed E-state index contributed by atoms with van der Waals surface area (Å²) in [6.07, 6.45) is 2.19. The zero-order valence-electron chi connectivity index (χ0n) is 13.7. The first kappa shape index (κ1) is 18.9. The van der Waals surface area contributed by atoms with Gasteiger partial charge in [0.25, 0.3) is 5.69 Å². The molecule has 0 bridgehead atoms. The summed E-state index contributed by atoms with van der Waals surface area (Å²) >= 11 is 0. The van der Waals surface area contributed by atoms with Crippen LogP contribution in [0.25, 0.3) is 0 Å². The summed E-state index contributed by atoms with van der Waals surface area (Å²) in [7, 11) is -2.93. The van der Waals surface area contributed by atoms with Crippen molar-refractivity contribution >= 4 is 15.7 Å². The third-order valence-electron chi connectivity index (χ3n) is 3.83. The van der Waals surface area contributed by atoms with E-state index in [0.29, 0.717) is 15.7 Å². The molecule has 0 unspecified atom stereocenters. The van der Waals surface area contributed by atoms with E-state index < -0.39 is 28.0 Å². The van der Waals surface area contributed by atoms with Crippen LogP contribution in [0.5, 0.6) is 0 Å². The molecular weight excluding hydrogens is 358 g/mol. The van der Waals surface area contributed by atoms with E-state index in [1.807, 2.05) is 0 Å². The SMILES string of the molecule is Cc1cc([N+](=O)[O-])cc(S(=O)(=O)N(C)Cc2nccn2C(F)F)c1C. The molecule has 0 saturated heterocycles. The van der Waals surface area contributed by atoms with Gasteiger partial charge < -0.3 is 0 Å². The van der Waals surface area contributed by atoms with Gasteiger partial charge in [0.1, 0.15) is 5.82 Å². The van der Waals surface area contributed by atoms with Crippen molar-refractivity contribution in [3.05, 3.63) is 51.6 Å². The third-order valence-corrected chi connectivity index (χ3v) is 5.76. The number of hydrogen-bond acceptors (Lipinski definition) is 5. The molecular formula is C14H16F2N4O4S. The molecule has 0 aliphatic heterocycles. The van der Waals surface area contributed by atoms with E-state index in [4.69, 9.17) is 0 Å². The summed E-state index contributed by atoms with van der Waals surface area (Å²) in [5.74, 6) is -0.138. The summed E-state index contributed by atoms with van der Waals surface area (Å²) in [5, 5.41) is 11.0. The maximum absolute atomic E-state index is 12.9. The molecule has 0 spiro atoms. The monoisotopic (exact) mass is 374 g/mol. The fraction of sp³-hybridized carbons (Fsp3) is 0.357. The number of sulfonamides is 1. The predicted octanol–water partition coefficient (Wildman–Crippen LogP) is 2.62. The topological polar surface area (TPSA) is 98.3 Å². The van der Waals surface area contributed by atoms with E-state index in [9.17, 15) is 27.3 Å². The van der Waals surface area contributed by atoms with E-state index in [0.717, 1.165) is 22.8 Å². The van der Waals surface area contributed by atoms with Crippen LogP contribution < -0.4 is 0 Å². The summed E-state index contributed by atoms with van der Waals surface area (Å²) < 4.78 is 52.7. The summed E-state index contributed by atoms with van der Waals surface area (Å²) in [5.41, 5.74) is 0.439. The minimum Gasteiger partial charge on any atom is -0.277 e. The van der Waals surface area contributed by atoms with E-state index in [2.05, 4.69) is 4.98 Å². The first-order valence-corrected chi connectivity index (χ1v) is 8.51. The molecule has 0 radical (unpaired) electrons. The normalized spacial score (nSPS) is 12.1. The number of nitro benzene ring substituents is 1. The molecule has 2 aromatic rings. The first-order chi connectivity index (χ1) is 11.6. The summed E-state index contributed by atoms with van der Waals surface area (Å²) in [4.78, 5) is 13.8. The fourth-order valence-electron chi connectivity index (χ4n) is 2.28. The Hall–Kier alpha value is -2.40. The molecule has 136 valence electrons. The second kappa shape index (κ2) is 6.84. The van der Waals surface area contributed by atoms with Crippen molar-refractivity contribution in [2.45, 2.75) is 31.8 Å². The van der Waals surface area contributed by atoms with Crippen LogP contribution in [0.15, 0.2) is 29.4 Å². The quantitative estimate of drug-likeness (QED) is 0.572. The maximum Gasteiger partial charge on any atom is 0.319 e. The molecule has 8 nitrogen and oxygen atoms in total. The van der Waals surface area contributed by atoms with Gasteiger partial charge in [0, 0.05) is 31.6 Å². The molecule has 0 amide bonds. The number of alkyl halides is 2. The van der Waals surface area contributed by atoms with Gasteiger partial charge in [-0.05, 0) is 25.0 Å². The summed E-state index contributed by atoms with van der Waals surface area (Å²) in [6, 6.07) is 2.24. The molecule has 2 rings (SSSR count). The van der Waals surface area contributed by atoms with Crippen molar-refractivity contribution in [1.82, 2.24) is 13.9 Å². The molecule has 1 heterocycles. The van der Waals surface area contributed by atoms with Crippen molar-refractivity contribution in [2.75, 3.05) is 7.05 Å². The number of non-ortho nitro benzene ring substituents is 1. The van der Waals surface area contributed by atoms with Crippen molar-refractivity contribution in [1.29, 1.82) is 0 Å². The van der Waals surface area contributed by atoms with Gasteiger partial charge >= 0.3 is 6.55 Å². The Kier molecular flexibility index (Phi) is 5.18. The second-order valence-electron chi connectivity index (χ2n) is 5.43. The van der Waals surface area contributed by atoms with Crippen LogP contribution in [0.4, 0.5) is 14.5 Å². The molecule has 11 heteroatoms. The van der Waals surface area contributed by atoms with E-state index >= 15 is 0 Å². The number of rotatable bonds is 6. The fourth-order valence-corrected chi connectivity index (χ4v) is 3.72. The van der Waals surface area contributed by atoms with Crippen LogP contribution >= 0.6 is 0 Å². The van der Waals surface area contributed by atoms with Crippen LogP contribution in [-0.2, 0) is 16.6 Å². The van der Waals surface area contributed by atoms with Gasteiger partial charge in [-0.2, -0.15) is 13.1 Å². The van der Waals surface area contributed by atoms with Crippen LogP contribution in [0, 0.1) is 24.0 Å². The predicted molar refractivity (Wildman–Crippen MR) is 84.7 cm³/mol. The lowest BCUT2D eigenvalue weighted by atomic mass is 10.1. The number of aromatic nitrogens is 2. The molecule has 0 N–H and O–H groups in total. The number of halogens is 2. The van der Waals surface area contributed by atoms with Crippen molar-refractivity contribution < 1.29 is 22.1 Å². The second-order valence-corrected chi connectivity index (χ2v) is 7.45. The Morgan fingerprint density at radius 2 is 2.00 bits per heavy atom. The highest BCUT2D eigenvalue weighted by atomic mass is 32.2. The van der Waals surface area contributed by atoms with Crippen LogP contribution in [0.2, 0.25) is 0 Å². The zero-order chi connectivity index (χ0) is 18.9. The van der Waals surface area contributed by atoms with E-state index in [-0.39, 0.29) is 16.4 Å². The molecule has 0 atom stereocenters. The first-order valence-electron chi connectivity index (χ1n) is 7.07. The van der Waals surface area contributed by atoms with Gasteiger partial charge in [-0.3, -0.25) is 14.7 Å². The van der Waals surface area contributed by atoms with Crippen LogP contribution in [0.3, 0.4) is 0 Å². The number of hydrogen-bond donors (Lipinski definition) is 0. The highest BCUT2D eigenvalue weighted by molar-refractivity contribution is 7.89. The molecule has 0 aliphatic carbocycles. The average molecular weight is 374 g/mol. The lowest BCUT2D eigenvalue weighted by molar-refractivity contribution is -0.385. The largest absolute Gasteiger partial charge is 0.319 e. The van der Waals surface area contributed by atoms with Gasteiger partial charge in [0.05, 0.1) is 16.4 Å². The Morgan fingerprint density at radius 3 is 2.56 bits per heavy atom. The maximum atomic E-state index is 12.9.